The normalized spacial score (nSPS) is 10.9. The Bertz CT molecular complexity index is 319. The number of carbonyl (C=O) groups is 1. The molecule has 0 saturated heterocycles. The van der Waals surface area contributed by atoms with Gasteiger partial charge in [0.1, 0.15) is 6.61 Å². The number of isocyanates is 2. The fourth-order valence-electron chi connectivity index (χ4n) is 1.08. The second-order valence-electron chi connectivity index (χ2n) is 3.10. The zero-order valence-electron chi connectivity index (χ0n) is 9.29. The Morgan fingerprint density at radius 2 is 2.06 bits per heavy atom. The van der Waals surface area contributed by atoms with Gasteiger partial charge >= 0.3 is 5.97 Å². The second-order valence-corrected chi connectivity index (χ2v) is 3.10. The average Bonchev–Trinajstić information content (AvgIpc) is 2.33. The van der Waals surface area contributed by atoms with Crippen LogP contribution in [0, 0.1) is 0 Å². The largest absolute Gasteiger partial charge is 0.462 e. The molecule has 0 saturated carbocycles. The first kappa shape index (κ1) is 15.2. The second kappa shape index (κ2) is 10.7. The molecule has 0 aromatic rings. The number of rotatable bonds is 9. The molecule has 0 bridgehead atoms. The van der Waals surface area contributed by atoms with Crippen LogP contribution in [0.1, 0.15) is 19.3 Å². The molecule has 0 aliphatic heterocycles. The molecule has 0 heterocycles. The third kappa shape index (κ3) is 8.04. The first-order valence-electron chi connectivity index (χ1n) is 5.14. The van der Waals surface area contributed by atoms with Gasteiger partial charge in [-0.25, -0.2) is 19.4 Å². The van der Waals surface area contributed by atoms with Crippen molar-refractivity contribution in [2.45, 2.75) is 25.3 Å². The van der Waals surface area contributed by atoms with E-state index < -0.39 is 12.0 Å². The summed E-state index contributed by atoms with van der Waals surface area (Å²) in [4.78, 5) is 37.8. The number of aliphatic imine (C=N–C) groups is 2. The molecule has 0 spiro atoms. The van der Waals surface area contributed by atoms with E-state index in [1.165, 1.54) is 12.2 Å². The highest BCUT2D eigenvalue weighted by molar-refractivity contribution is 5.76. The molecule has 0 aromatic carbocycles. The number of hydrogen-bond donors (Lipinski definition) is 1. The van der Waals surface area contributed by atoms with Crippen molar-refractivity contribution in [3.63, 3.8) is 0 Å². The van der Waals surface area contributed by atoms with Crippen molar-refractivity contribution in [2.24, 2.45) is 9.98 Å². The Balaban J connectivity index is 4.05. The molecule has 0 rings (SSSR count). The standard InChI is InChI=1S/C10H14N2O5/c13-5-2-1-3-9(12-8-15)10(16)17-6-4-11-7-14/h9,13H,1-6H2. The van der Waals surface area contributed by atoms with Crippen LogP contribution in [0.2, 0.25) is 0 Å². The summed E-state index contributed by atoms with van der Waals surface area (Å²) in [5, 5.41) is 8.58. The van der Waals surface area contributed by atoms with E-state index in [0.717, 1.165) is 0 Å². The minimum atomic E-state index is -0.903. The highest BCUT2D eigenvalue weighted by atomic mass is 16.5. The Kier molecular flexibility index (Phi) is 9.56. The molecule has 0 aliphatic rings. The third-order valence-corrected chi connectivity index (χ3v) is 1.88. The molecule has 17 heavy (non-hydrogen) atoms. The summed E-state index contributed by atoms with van der Waals surface area (Å²) in [6.07, 6.45) is 3.99. The Hall–Kier alpha value is -1.81. The highest BCUT2D eigenvalue weighted by Gasteiger charge is 2.18. The molecule has 0 aromatic heterocycles. The van der Waals surface area contributed by atoms with Crippen LogP contribution in [0.15, 0.2) is 9.98 Å². The number of aliphatic hydroxyl groups is 1. The van der Waals surface area contributed by atoms with Gasteiger partial charge in [-0.15, -0.1) is 0 Å². The first-order chi connectivity index (χ1) is 8.26. The molecule has 0 aliphatic carbocycles. The van der Waals surface area contributed by atoms with E-state index in [2.05, 4.69) is 9.98 Å². The van der Waals surface area contributed by atoms with Crippen LogP contribution in [-0.2, 0) is 19.1 Å². The van der Waals surface area contributed by atoms with Crippen LogP contribution in [-0.4, -0.2) is 49.0 Å². The zero-order valence-corrected chi connectivity index (χ0v) is 9.29. The van der Waals surface area contributed by atoms with Crippen LogP contribution in [0.4, 0.5) is 0 Å². The first-order valence-corrected chi connectivity index (χ1v) is 5.14. The minimum Gasteiger partial charge on any atom is -0.462 e. The van der Waals surface area contributed by atoms with E-state index in [9.17, 15) is 14.4 Å². The molecule has 94 valence electrons. The van der Waals surface area contributed by atoms with Gasteiger partial charge in [0.05, 0.1) is 6.54 Å². The number of esters is 1. The smallest absolute Gasteiger partial charge is 0.331 e. The summed E-state index contributed by atoms with van der Waals surface area (Å²) >= 11 is 0. The van der Waals surface area contributed by atoms with Gasteiger partial charge in [-0.2, -0.15) is 4.99 Å². The molecule has 7 nitrogen and oxygen atoms in total. The number of carbonyl (C=O) groups excluding carboxylic acids is 3. The highest BCUT2D eigenvalue weighted by Crippen LogP contribution is 2.06. The predicted octanol–water partition coefficient (Wildman–Crippen LogP) is -0.268. The fourth-order valence-corrected chi connectivity index (χ4v) is 1.08. The van der Waals surface area contributed by atoms with Crippen LogP contribution < -0.4 is 0 Å². The van der Waals surface area contributed by atoms with Crippen LogP contribution in [0.5, 0.6) is 0 Å². The van der Waals surface area contributed by atoms with E-state index in [-0.39, 0.29) is 19.8 Å². The van der Waals surface area contributed by atoms with Crippen LogP contribution in [0.3, 0.4) is 0 Å². The average molecular weight is 242 g/mol. The predicted molar refractivity (Wildman–Crippen MR) is 56.8 cm³/mol. The van der Waals surface area contributed by atoms with E-state index in [1.807, 2.05) is 0 Å². The van der Waals surface area contributed by atoms with Crippen molar-refractivity contribution in [1.82, 2.24) is 0 Å². The summed E-state index contributed by atoms with van der Waals surface area (Å²) in [6.45, 7) is -0.0109. The molecule has 1 N–H and O–H groups in total. The molecule has 0 amide bonds. The van der Waals surface area contributed by atoms with Crippen LogP contribution >= 0.6 is 0 Å². The number of nitrogens with zero attached hydrogens (tertiary/aromatic N) is 2. The van der Waals surface area contributed by atoms with E-state index in [0.29, 0.717) is 19.3 Å². The Morgan fingerprint density at radius 1 is 1.29 bits per heavy atom. The third-order valence-electron chi connectivity index (χ3n) is 1.88. The number of hydrogen-bond acceptors (Lipinski definition) is 7. The van der Waals surface area contributed by atoms with Crippen molar-refractivity contribution in [2.75, 3.05) is 19.8 Å². The van der Waals surface area contributed by atoms with E-state index in [1.54, 1.807) is 0 Å². The number of aliphatic hydroxyl groups excluding tert-OH is 1. The molecule has 7 heteroatoms. The lowest BCUT2D eigenvalue weighted by Gasteiger charge is -2.09. The summed E-state index contributed by atoms with van der Waals surface area (Å²) in [5.74, 6) is -0.660. The summed E-state index contributed by atoms with van der Waals surface area (Å²) in [6, 6.07) is -0.903. The van der Waals surface area contributed by atoms with Gasteiger partial charge in [0.25, 0.3) is 0 Å². The minimum absolute atomic E-state index is 0.0145. The van der Waals surface area contributed by atoms with Gasteiger partial charge < -0.3 is 9.84 Å². The van der Waals surface area contributed by atoms with Crippen molar-refractivity contribution < 1.29 is 24.2 Å². The van der Waals surface area contributed by atoms with Gasteiger partial charge in [-0.1, -0.05) is 0 Å². The topological polar surface area (TPSA) is 105 Å². The molecule has 1 unspecified atom stereocenters. The van der Waals surface area contributed by atoms with Crippen molar-refractivity contribution >= 4 is 18.1 Å². The van der Waals surface area contributed by atoms with Gasteiger partial charge in [-0.3, -0.25) is 0 Å². The van der Waals surface area contributed by atoms with Crippen molar-refractivity contribution in [1.29, 1.82) is 0 Å². The summed E-state index contributed by atoms with van der Waals surface area (Å²) in [5.41, 5.74) is 0. The quantitative estimate of drug-likeness (QED) is 0.259. The zero-order chi connectivity index (χ0) is 12.9. The van der Waals surface area contributed by atoms with Crippen LogP contribution in [0.25, 0.3) is 0 Å². The lowest BCUT2D eigenvalue weighted by molar-refractivity contribution is -0.145. The maximum absolute atomic E-state index is 11.4. The Labute approximate surface area is 98.2 Å². The van der Waals surface area contributed by atoms with Gasteiger partial charge in [0.15, 0.2) is 6.04 Å². The number of ether oxygens (including phenoxy) is 1. The maximum atomic E-state index is 11.4. The molecule has 0 fully saturated rings. The van der Waals surface area contributed by atoms with E-state index >= 15 is 0 Å². The van der Waals surface area contributed by atoms with Gasteiger partial charge in [-0.05, 0) is 19.3 Å². The Morgan fingerprint density at radius 3 is 2.65 bits per heavy atom. The molecular weight excluding hydrogens is 228 g/mol. The lowest BCUT2D eigenvalue weighted by Crippen LogP contribution is -2.22. The summed E-state index contributed by atoms with van der Waals surface area (Å²) in [7, 11) is 0. The van der Waals surface area contributed by atoms with Gasteiger partial charge in [0.2, 0.25) is 12.2 Å². The van der Waals surface area contributed by atoms with Crippen molar-refractivity contribution in [3.8, 4) is 0 Å². The fraction of sp³-hybridized carbons (Fsp3) is 0.700. The molecule has 1 atom stereocenters. The molecular formula is C10H14N2O5. The monoisotopic (exact) mass is 242 g/mol. The van der Waals surface area contributed by atoms with E-state index in [4.69, 9.17) is 9.84 Å². The molecule has 0 radical (unpaired) electrons. The van der Waals surface area contributed by atoms with Crippen molar-refractivity contribution in [3.05, 3.63) is 0 Å². The number of unbranched alkanes of at least 4 members (excludes halogenated alkanes) is 1. The van der Waals surface area contributed by atoms with Gasteiger partial charge in [0, 0.05) is 6.61 Å². The maximum Gasteiger partial charge on any atom is 0.331 e. The summed E-state index contributed by atoms with van der Waals surface area (Å²) < 4.78 is 4.74. The SMILES string of the molecule is O=C=NCCOC(=O)C(CCCCO)N=C=O. The lowest BCUT2D eigenvalue weighted by atomic mass is 10.1.